The molecule has 0 aliphatic heterocycles. The van der Waals surface area contributed by atoms with E-state index in [9.17, 15) is 9.59 Å². The van der Waals surface area contributed by atoms with E-state index in [0.717, 1.165) is 0 Å². The Bertz CT molecular complexity index is 404. The van der Waals surface area contributed by atoms with Gasteiger partial charge in [0, 0.05) is 6.54 Å². The highest BCUT2D eigenvalue weighted by molar-refractivity contribution is 6.00. The molecule has 0 spiro atoms. The van der Waals surface area contributed by atoms with Crippen LogP contribution in [0.4, 0.5) is 10.5 Å². The molecule has 5 heteroatoms. The minimum Gasteiger partial charge on any atom is -0.462 e. The van der Waals surface area contributed by atoms with E-state index >= 15 is 0 Å². The summed E-state index contributed by atoms with van der Waals surface area (Å²) in [4.78, 5) is 23.0. The highest BCUT2D eigenvalue weighted by Gasteiger charge is 2.13. The molecule has 0 bridgehead atoms. The van der Waals surface area contributed by atoms with Crippen molar-refractivity contribution in [1.29, 1.82) is 0 Å². The van der Waals surface area contributed by atoms with Crippen LogP contribution < -0.4 is 10.6 Å². The summed E-state index contributed by atoms with van der Waals surface area (Å²) in [6.07, 6.45) is 0. The largest absolute Gasteiger partial charge is 0.462 e. The van der Waals surface area contributed by atoms with Crippen LogP contribution in [0.2, 0.25) is 0 Å². The van der Waals surface area contributed by atoms with E-state index in [2.05, 4.69) is 10.6 Å². The number of benzene rings is 1. The molecule has 0 saturated carbocycles. The Morgan fingerprint density at radius 3 is 2.59 bits per heavy atom. The molecule has 0 aliphatic carbocycles. The molecule has 0 heterocycles. The van der Waals surface area contributed by atoms with Crippen LogP contribution in [0.1, 0.15) is 24.2 Å². The molecule has 1 aromatic rings. The minimum absolute atomic E-state index is 0.300. The lowest BCUT2D eigenvalue weighted by atomic mass is 10.2. The van der Waals surface area contributed by atoms with Crippen LogP contribution in [0.3, 0.4) is 0 Å². The van der Waals surface area contributed by atoms with E-state index in [4.69, 9.17) is 4.74 Å². The lowest BCUT2D eigenvalue weighted by Gasteiger charge is -2.10. The third-order valence-corrected chi connectivity index (χ3v) is 2.01. The van der Waals surface area contributed by atoms with Gasteiger partial charge in [-0.25, -0.2) is 9.59 Å². The van der Waals surface area contributed by atoms with Gasteiger partial charge in [0.1, 0.15) is 0 Å². The fourth-order valence-corrected chi connectivity index (χ4v) is 1.31. The van der Waals surface area contributed by atoms with Gasteiger partial charge in [-0.15, -0.1) is 0 Å². The van der Waals surface area contributed by atoms with Gasteiger partial charge in [-0.05, 0) is 26.0 Å². The fourth-order valence-electron chi connectivity index (χ4n) is 1.31. The van der Waals surface area contributed by atoms with E-state index in [1.165, 1.54) is 0 Å². The van der Waals surface area contributed by atoms with Crippen molar-refractivity contribution in [3.05, 3.63) is 29.8 Å². The number of carbonyl (C=O) groups is 2. The molecule has 0 fully saturated rings. The number of esters is 1. The molecule has 0 aromatic heterocycles. The monoisotopic (exact) mass is 236 g/mol. The number of para-hydroxylation sites is 1. The van der Waals surface area contributed by atoms with Gasteiger partial charge in [0.15, 0.2) is 0 Å². The molecule has 2 N–H and O–H groups in total. The van der Waals surface area contributed by atoms with E-state index in [1.54, 1.807) is 31.2 Å². The van der Waals surface area contributed by atoms with Gasteiger partial charge < -0.3 is 15.4 Å². The molecule has 92 valence electrons. The number of hydrogen-bond acceptors (Lipinski definition) is 3. The third-order valence-electron chi connectivity index (χ3n) is 2.01. The SMILES string of the molecule is CCNC(=O)Nc1ccccc1C(=O)OCC. The zero-order valence-corrected chi connectivity index (χ0v) is 9.95. The Hall–Kier alpha value is -2.04. The van der Waals surface area contributed by atoms with E-state index < -0.39 is 5.97 Å². The number of anilines is 1. The van der Waals surface area contributed by atoms with Crippen LogP contribution in [-0.2, 0) is 4.74 Å². The van der Waals surface area contributed by atoms with Crippen molar-refractivity contribution in [2.24, 2.45) is 0 Å². The van der Waals surface area contributed by atoms with E-state index in [1.807, 2.05) is 6.92 Å². The summed E-state index contributed by atoms with van der Waals surface area (Å²) in [6.45, 7) is 4.37. The highest BCUT2D eigenvalue weighted by atomic mass is 16.5. The summed E-state index contributed by atoms with van der Waals surface area (Å²) in [5.74, 6) is -0.445. The van der Waals surface area contributed by atoms with Crippen LogP contribution in [0.25, 0.3) is 0 Å². The molecule has 0 unspecified atom stereocenters. The molecule has 1 aromatic carbocycles. The molecular weight excluding hydrogens is 220 g/mol. The molecule has 0 radical (unpaired) electrons. The standard InChI is InChI=1S/C12H16N2O3/c1-3-13-12(16)14-10-8-6-5-7-9(10)11(15)17-4-2/h5-8H,3-4H2,1-2H3,(H2,13,14,16). The Balaban J connectivity index is 2.84. The second kappa shape index (κ2) is 6.52. The molecular formula is C12H16N2O3. The molecule has 0 saturated heterocycles. The second-order valence-corrected chi connectivity index (χ2v) is 3.25. The quantitative estimate of drug-likeness (QED) is 0.786. The van der Waals surface area contributed by atoms with E-state index in [-0.39, 0.29) is 6.03 Å². The number of carbonyl (C=O) groups excluding carboxylic acids is 2. The van der Waals surface area contributed by atoms with Crippen LogP contribution in [0, 0.1) is 0 Å². The number of hydrogen-bond donors (Lipinski definition) is 2. The smallest absolute Gasteiger partial charge is 0.340 e. The predicted molar refractivity (Wildman–Crippen MR) is 65.1 cm³/mol. The maximum absolute atomic E-state index is 11.6. The summed E-state index contributed by atoms with van der Waals surface area (Å²) in [5, 5.41) is 5.19. The zero-order valence-electron chi connectivity index (χ0n) is 9.95. The summed E-state index contributed by atoms with van der Waals surface area (Å²) < 4.78 is 4.90. The summed E-state index contributed by atoms with van der Waals surface area (Å²) in [5.41, 5.74) is 0.789. The van der Waals surface area contributed by atoms with Gasteiger partial charge in [0.25, 0.3) is 0 Å². The average molecular weight is 236 g/mol. The van der Waals surface area contributed by atoms with Crippen LogP contribution in [0.5, 0.6) is 0 Å². The molecule has 0 atom stereocenters. The van der Waals surface area contributed by atoms with Gasteiger partial charge in [-0.2, -0.15) is 0 Å². The van der Waals surface area contributed by atoms with Crippen molar-refractivity contribution >= 4 is 17.7 Å². The molecule has 2 amide bonds. The van der Waals surface area contributed by atoms with Gasteiger partial charge >= 0.3 is 12.0 Å². The third kappa shape index (κ3) is 3.79. The molecule has 17 heavy (non-hydrogen) atoms. The highest BCUT2D eigenvalue weighted by Crippen LogP contribution is 2.15. The Morgan fingerprint density at radius 1 is 1.24 bits per heavy atom. The first kappa shape index (κ1) is 13.0. The summed E-state index contributed by atoms with van der Waals surface area (Å²) >= 11 is 0. The van der Waals surface area contributed by atoms with Crippen LogP contribution in [-0.4, -0.2) is 25.2 Å². The predicted octanol–water partition coefficient (Wildman–Crippen LogP) is 2.00. The Labute approximate surface area is 100 Å². The molecule has 0 aliphatic rings. The van der Waals surface area contributed by atoms with Crippen molar-refractivity contribution < 1.29 is 14.3 Å². The summed E-state index contributed by atoms with van der Waals surface area (Å²) in [6, 6.07) is 6.38. The van der Waals surface area contributed by atoms with Crippen LogP contribution in [0.15, 0.2) is 24.3 Å². The van der Waals surface area contributed by atoms with Gasteiger partial charge in [-0.3, -0.25) is 0 Å². The first-order chi connectivity index (χ1) is 8.19. The second-order valence-electron chi connectivity index (χ2n) is 3.25. The number of urea groups is 1. The first-order valence-corrected chi connectivity index (χ1v) is 5.50. The van der Waals surface area contributed by atoms with Crippen LogP contribution >= 0.6 is 0 Å². The zero-order chi connectivity index (χ0) is 12.7. The van der Waals surface area contributed by atoms with Gasteiger partial charge in [-0.1, -0.05) is 12.1 Å². The fraction of sp³-hybridized carbons (Fsp3) is 0.333. The Kier molecular flexibility index (Phi) is 5.00. The normalized spacial score (nSPS) is 9.53. The average Bonchev–Trinajstić information content (AvgIpc) is 2.30. The van der Waals surface area contributed by atoms with Crippen molar-refractivity contribution in [3.8, 4) is 0 Å². The maximum Gasteiger partial charge on any atom is 0.340 e. The lowest BCUT2D eigenvalue weighted by molar-refractivity contribution is 0.0527. The number of rotatable bonds is 4. The minimum atomic E-state index is -0.445. The molecule has 5 nitrogen and oxygen atoms in total. The topological polar surface area (TPSA) is 67.4 Å². The number of amides is 2. The Morgan fingerprint density at radius 2 is 1.94 bits per heavy atom. The van der Waals surface area contributed by atoms with Crippen molar-refractivity contribution in [2.45, 2.75) is 13.8 Å². The first-order valence-electron chi connectivity index (χ1n) is 5.50. The number of ether oxygens (including phenoxy) is 1. The maximum atomic E-state index is 11.6. The lowest BCUT2D eigenvalue weighted by Crippen LogP contribution is -2.29. The molecule has 1 rings (SSSR count). The van der Waals surface area contributed by atoms with Crippen molar-refractivity contribution in [3.63, 3.8) is 0 Å². The van der Waals surface area contributed by atoms with Gasteiger partial charge in [0.05, 0.1) is 17.9 Å². The number of nitrogens with one attached hydrogen (secondary N) is 2. The van der Waals surface area contributed by atoms with Crippen molar-refractivity contribution in [1.82, 2.24) is 5.32 Å². The summed E-state index contributed by atoms with van der Waals surface area (Å²) in [7, 11) is 0. The van der Waals surface area contributed by atoms with Crippen molar-refractivity contribution in [2.75, 3.05) is 18.5 Å². The van der Waals surface area contributed by atoms with Gasteiger partial charge in [0.2, 0.25) is 0 Å². The van der Waals surface area contributed by atoms with E-state index in [0.29, 0.717) is 24.4 Å².